The molecule has 0 radical (unpaired) electrons. The molecule has 5 rings (SSSR count). The summed E-state index contributed by atoms with van der Waals surface area (Å²) in [4.78, 5) is 11.6. The zero-order valence-electron chi connectivity index (χ0n) is 16.7. The molecule has 144 valence electrons. The SMILES string of the molecule is CC1(C)C[C@H]2C[C@@](C)(CN2C(=S)Nc2cc3cccnc3c3ncccc23)C1. The summed E-state index contributed by atoms with van der Waals surface area (Å²) in [7, 11) is 0. The highest BCUT2D eigenvalue weighted by Crippen LogP contribution is 2.52. The molecule has 3 aromatic rings. The van der Waals surface area contributed by atoms with E-state index in [1.54, 1.807) is 0 Å². The molecule has 1 aromatic carbocycles. The largest absolute Gasteiger partial charge is 0.345 e. The molecule has 1 aliphatic carbocycles. The number of thiocarbonyl (C=S) groups is 1. The summed E-state index contributed by atoms with van der Waals surface area (Å²) in [5, 5.41) is 6.54. The van der Waals surface area contributed by atoms with Crippen molar-refractivity contribution in [3.05, 3.63) is 42.7 Å². The Kier molecular flexibility index (Phi) is 3.89. The number of pyridine rings is 2. The second kappa shape index (κ2) is 6.11. The summed E-state index contributed by atoms with van der Waals surface area (Å²) in [6, 6.07) is 10.8. The molecule has 3 heterocycles. The first-order valence-corrected chi connectivity index (χ1v) is 10.4. The predicted octanol–water partition coefficient (Wildman–Crippen LogP) is 5.38. The molecule has 1 saturated carbocycles. The van der Waals surface area contributed by atoms with Gasteiger partial charge in [0.2, 0.25) is 0 Å². The third-order valence-electron chi connectivity index (χ3n) is 6.38. The number of hydrogen-bond acceptors (Lipinski definition) is 3. The smallest absolute Gasteiger partial charge is 0.173 e. The third kappa shape index (κ3) is 2.93. The summed E-state index contributed by atoms with van der Waals surface area (Å²) in [6.07, 6.45) is 7.35. The molecule has 28 heavy (non-hydrogen) atoms. The molecule has 1 N–H and O–H groups in total. The molecule has 2 aromatic heterocycles. The van der Waals surface area contributed by atoms with Crippen LogP contribution in [0.15, 0.2) is 42.7 Å². The average Bonchev–Trinajstić information content (AvgIpc) is 2.91. The highest BCUT2D eigenvalue weighted by Gasteiger charge is 2.50. The zero-order valence-corrected chi connectivity index (χ0v) is 17.5. The van der Waals surface area contributed by atoms with E-state index < -0.39 is 0 Å². The Labute approximate surface area is 171 Å². The monoisotopic (exact) mass is 390 g/mol. The first-order chi connectivity index (χ1) is 13.3. The average molecular weight is 391 g/mol. The van der Waals surface area contributed by atoms with Crippen LogP contribution in [0.2, 0.25) is 0 Å². The Morgan fingerprint density at radius 1 is 1.11 bits per heavy atom. The van der Waals surface area contributed by atoms with E-state index in [0.29, 0.717) is 16.9 Å². The second-order valence-corrected chi connectivity index (χ2v) is 10.1. The number of benzene rings is 1. The lowest BCUT2D eigenvalue weighted by molar-refractivity contribution is 0.132. The maximum absolute atomic E-state index is 5.91. The summed E-state index contributed by atoms with van der Waals surface area (Å²) in [5.41, 5.74) is 3.60. The zero-order chi connectivity index (χ0) is 19.5. The minimum atomic E-state index is 0.356. The standard InChI is InChI=1S/C23H26N4S/c1-22(2)11-16-12-23(3,13-22)14-27(16)21(28)26-18-10-15-6-4-8-24-19(15)20-17(18)7-5-9-25-20/h4-10,16H,11-14H2,1-3H3,(H,26,28)/t16-,23+/m0/s1. The molecule has 0 unspecified atom stereocenters. The third-order valence-corrected chi connectivity index (χ3v) is 6.71. The van der Waals surface area contributed by atoms with E-state index in [0.717, 1.165) is 39.2 Å². The highest BCUT2D eigenvalue weighted by molar-refractivity contribution is 7.80. The molecule has 1 saturated heterocycles. The summed E-state index contributed by atoms with van der Waals surface area (Å²) in [6.45, 7) is 8.25. The van der Waals surface area contributed by atoms with Crippen LogP contribution >= 0.6 is 12.2 Å². The Morgan fingerprint density at radius 2 is 1.86 bits per heavy atom. The van der Waals surface area contributed by atoms with E-state index >= 15 is 0 Å². The van der Waals surface area contributed by atoms with Crippen LogP contribution in [0.4, 0.5) is 5.69 Å². The van der Waals surface area contributed by atoms with Crippen LogP contribution in [-0.2, 0) is 0 Å². The lowest BCUT2D eigenvalue weighted by atomic mass is 9.65. The minimum Gasteiger partial charge on any atom is -0.345 e. The van der Waals surface area contributed by atoms with Crippen LogP contribution in [-0.4, -0.2) is 32.6 Å². The van der Waals surface area contributed by atoms with Crippen LogP contribution in [0, 0.1) is 10.8 Å². The second-order valence-electron chi connectivity index (χ2n) is 9.67. The minimum absolute atomic E-state index is 0.356. The quantitative estimate of drug-likeness (QED) is 0.446. The van der Waals surface area contributed by atoms with Crippen molar-refractivity contribution in [2.24, 2.45) is 10.8 Å². The van der Waals surface area contributed by atoms with Crippen LogP contribution in [0.3, 0.4) is 0 Å². The van der Waals surface area contributed by atoms with Crippen molar-refractivity contribution < 1.29 is 0 Å². The van der Waals surface area contributed by atoms with Gasteiger partial charge in [-0.15, -0.1) is 0 Å². The van der Waals surface area contributed by atoms with Gasteiger partial charge in [0.25, 0.3) is 0 Å². The molecule has 5 heteroatoms. The fourth-order valence-corrected chi connectivity index (χ4v) is 6.09. The predicted molar refractivity (Wildman–Crippen MR) is 119 cm³/mol. The van der Waals surface area contributed by atoms with Gasteiger partial charge >= 0.3 is 0 Å². The number of likely N-dealkylation sites (tertiary alicyclic amines) is 1. The van der Waals surface area contributed by atoms with Crippen molar-refractivity contribution in [1.82, 2.24) is 14.9 Å². The number of nitrogens with one attached hydrogen (secondary N) is 1. The van der Waals surface area contributed by atoms with E-state index in [9.17, 15) is 0 Å². The molecule has 1 aliphatic heterocycles. The lowest BCUT2D eigenvalue weighted by Gasteiger charge is -2.39. The summed E-state index contributed by atoms with van der Waals surface area (Å²) >= 11 is 5.91. The van der Waals surface area contributed by atoms with Gasteiger partial charge in [0.1, 0.15) is 0 Å². The van der Waals surface area contributed by atoms with Gasteiger partial charge in [-0.25, -0.2) is 0 Å². The first kappa shape index (κ1) is 17.8. The van der Waals surface area contributed by atoms with Gasteiger partial charge in [0.15, 0.2) is 5.11 Å². The maximum atomic E-state index is 5.91. The van der Waals surface area contributed by atoms with E-state index in [1.807, 2.05) is 24.5 Å². The van der Waals surface area contributed by atoms with Crippen molar-refractivity contribution in [2.45, 2.75) is 46.1 Å². The van der Waals surface area contributed by atoms with Crippen LogP contribution < -0.4 is 5.32 Å². The fraction of sp³-hybridized carbons (Fsp3) is 0.435. The number of hydrogen-bond donors (Lipinski definition) is 1. The number of anilines is 1. The Hall–Kier alpha value is -2.27. The molecule has 0 spiro atoms. The number of aromatic nitrogens is 2. The van der Waals surface area contributed by atoms with Crippen molar-refractivity contribution >= 4 is 44.8 Å². The van der Waals surface area contributed by atoms with Gasteiger partial charge < -0.3 is 10.2 Å². The van der Waals surface area contributed by atoms with Gasteiger partial charge in [-0.1, -0.05) is 26.8 Å². The molecular weight excluding hydrogens is 364 g/mol. The van der Waals surface area contributed by atoms with Crippen LogP contribution in [0.5, 0.6) is 0 Å². The van der Waals surface area contributed by atoms with E-state index in [1.165, 1.54) is 19.3 Å². The maximum Gasteiger partial charge on any atom is 0.173 e. The number of nitrogens with zero attached hydrogens (tertiary/aromatic N) is 3. The summed E-state index contributed by atoms with van der Waals surface area (Å²) in [5.74, 6) is 0. The Bertz CT molecular complexity index is 1090. The van der Waals surface area contributed by atoms with Crippen molar-refractivity contribution in [3.63, 3.8) is 0 Å². The molecule has 2 atom stereocenters. The van der Waals surface area contributed by atoms with Crippen LogP contribution in [0.25, 0.3) is 21.8 Å². The lowest BCUT2D eigenvalue weighted by Crippen LogP contribution is -2.40. The van der Waals surface area contributed by atoms with Crippen molar-refractivity contribution in [2.75, 3.05) is 11.9 Å². The molecule has 2 fully saturated rings. The molecule has 2 bridgehead atoms. The van der Waals surface area contributed by atoms with Gasteiger partial charge in [-0.05, 0) is 66.6 Å². The van der Waals surface area contributed by atoms with Crippen molar-refractivity contribution in [1.29, 1.82) is 0 Å². The van der Waals surface area contributed by atoms with E-state index in [2.05, 4.69) is 59.2 Å². The highest BCUT2D eigenvalue weighted by atomic mass is 32.1. The van der Waals surface area contributed by atoms with E-state index in [-0.39, 0.29) is 0 Å². The summed E-state index contributed by atoms with van der Waals surface area (Å²) < 4.78 is 0. The molecule has 2 aliphatic rings. The van der Waals surface area contributed by atoms with Crippen LogP contribution in [0.1, 0.15) is 40.0 Å². The topological polar surface area (TPSA) is 41.0 Å². The van der Waals surface area contributed by atoms with Gasteiger partial charge in [0, 0.05) is 35.8 Å². The molecule has 4 nitrogen and oxygen atoms in total. The number of fused-ring (bicyclic) bond motifs is 5. The van der Waals surface area contributed by atoms with Gasteiger partial charge in [0.05, 0.1) is 16.7 Å². The first-order valence-electron chi connectivity index (χ1n) is 10.0. The molecule has 0 amide bonds. The number of rotatable bonds is 1. The van der Waals surface area contributed by atoms with Gasteiger partial charge in [-0.3, -0.25) is 9.97 Å². The Morgan fingerprint density at radius 3 is 2.68 bits per heavy atom. The van der Waals surface area contributed by atoms with Crippen molar-refractivity contribution in [3.8, 4) is 0 Å². The fourth-order valence-electron chi connectivity index (χ4n) is 5.76. The molecular formula is C23H26N4S. The van der Waals surface area contributed by atoms with Gasteiger partial charge in [-0.2, -0.15) is 0 Å². The normalized spacial score (nSPS) is 26.0. The van der Waals surface area contributed by atoms with E-state index in [4.69, 9.17) is 12.2 Å². The Balaban J connectivity index is 1.51.